The molecule has 1 heterocycles. The lowest BCUT2D eigenvalue weighted by Gasteiger charge is -2.24. The molecule has 6 heteroatoms. The van der Waals surface area contributed by atoms with Gasteiger partial charge in [0.05, 0.1) is 6.20 Å². The van der Waals surface area contributed by atoms with E-state index in [2.05, 4.69) is 14.9 Å². The van der Waals surface area contributed by atoms with Crippen LogP contribution in [0.1, 0.15) is 25.7 Å². The lowest BCUT2D eigenvalue weighted by Crippen LogP contribution is -2.27. The van der Waals surface area contributed by atoms with Gasteiger partial charge in [0.1, 0.15) is 0 Å². The number of nitrogens with zero attached hydrogens (tertiary/aromatic N) is 1. The highest BCUT2D eigenvalue weighted by Crippen LogP contribution is 2.28. The number of hydrogen-bond donors (Lipinski definition) is 2. The first kappa shape index (κ1) is 10.6. The summed E-state index contributed by atoms with van der Waals surface area (Å²) in [5.74, 6) is 0.717. The first-order chi connectivity index (χ1) is 7.18. The summed E-state index contributed by atoms with van der Waals surface area (Å²) in [6.45, 7) is 0.520. The van der Waals surface area contributed by atoms with E-state index in [0.717, 1.165) is 12.3 Å². The van der Waals surface area contributed by atoms with Crippen LogP contribution in [0.4, 0.5) is 0 Å². The van der Waals surface area contributed by atoms with Gasteiger partial charge in [-0.15, -0.1) is 0 Å². The molecule has 0 atom stereocenters. The van der Waals surface area contributed by atoms with Gasteiger partial charge in [-0.1, -0.05) is 19.3 Å². The molecule has 0 aliphatic heterocycles. The van der Waals surface area contributed by atoms with Gasteiger partial charge in [-0.25, -0.2) is 13.1 Å². The fraction of sp³-hybridized carbons (Fsp3) is 0.667. The van der Waals surface area contributed by atoms with Crippen molar-refractivity contribution in [2.75, 3.05) is 6.54 Å². The molecule has 1 aromatic heterocycles. The highest BCUT2D eigenvalue weighted by atomic mass is 32.2. The van der Waals surface area contributed by atoms with Crippen LogP contribution in [0.2, 0.25) is 0 Å². The van der Waals surface area contributed by atoms with E-state index in [9.17, 15) is 8.42 Å². The molecular weight excluding hydrogens is 214 g/mol. The maximum atomic E-state index is 11.6. The van der Waals surface area contributed by atoms with E-state index in [1.54, 1.807) is 0 Å². The molecular formula is C9H15N3O2S. The van der Waals surface area contributed by atoms with Gasteiger partial charge in [-0.3, -0.25) is 5.10 Å². The minimum atomic E-state index is -3.36. The summed E-state index contributed by atoms with van der Waals surface area (Å²) in [5.41, 5.74) is 0. The first-order valence-electron chi connectivity index (χ1n) is 5.17. The molecule has 0 aromatic carbocycles. The third kappa shape index (κ3) is 2.57. The minimum Gasteiger partial charge on any atom is -0.266 e. The van der Waals surface area contributed by atoms with Crippen molar-refractivity contribution in [2.45, 2.75) is 30.7 Å². The molecule has 0 amide bonds. The molecule has 2 rings (SSSR count). The number of H-pyrrole nitrogens is 1. The summed E-state index contributed by atoms with van der Waals surface area (Å²) < 4.78 is 25.8. The highest BCUT2D eigenvalue weighted by Gasteiger charge is 2.19. The van der Waals surface area contributed by atoms with Crippen LogP contribution in [-0.4, -0.2) is 25.2 Å². The minimum absolute atomic E-state index is 0.135. The quantitative estimate of drug-likeness (QED) is 0.787. The number of hydrogen-bond acceptors (Lipinski definition) is 3. The molecule has 84 valence electrons. The van der Waals surface area contributed by atoms with Crippen LogP contribution >= 0.6 is 0 Å². The van der Waals surface area contributed by atoms with E-state index in [1.807, 2.05) is 0 Å². The molecule has 0 bridgehead atoms. The number of nitrogens with one attached hydrogen (secondary N) is 2. The van der Waals surface area contributed by atoms with Crippen molar-refractivity contribution in [3.8, 4) is 0 Å². The van der Waals surface area contributed by atoms with Crippen LogP contribution in [0.5, 0.6) is 0 Å². The lowest BCUT2D eigenvalue weighted by atomic mass is 9.83. The smallest absolute Gasteiger partial charge is 0.257 e. The molecule has 0 unspecified atom stereocenters. The van der Waals surface area contributed by atoms with E-state index in [-0.39, 0.29) is 5.03 Å². The molecule has 0 saturated heterocycles. The van der Waals surface area contributed by atoms with E-state index >= 15 is 0 Å². The molecule has 1 aliphatic rings. The van der Waals surface area contributed by atoms with Crippen LogP contribution < -0.4 is 4.72 Å². The Morgan fingerprint density at radius 2 is 2.33 bits per heavy atom. The second-order valence-corrected chi connectivity index (χ2v) is 5.64. The van der Waals surface area contributed by atoms with Crippen molar-refractivity contribution in [2.24, 2.45) is 5.92 Å². The largest absolute Gasteiger partial charge is 0.266 e. The summed E-state index contributed by atoms with van der Waals surface area (Å²) in [4.78, 5) is 0. The second kappa shape index (κ2) is 4.32. The molecule has 2 N–H and O–H groups in total. The topological polar surface area (TPSA) is 74.8 Å². The Labute approximate surface area is 89.3 Å². The molecule has 1 saturated carbocycles. The number of sulfonamides is 1. The van der Waals surface area contributed by atoms with E-state index < -0.39 is 10.0 Å². The summed E-state index contributed by atoms with van der Waals surface area (Å²) in [7, 11) is -3.36. The Morgan fingerprint density at radius 3 is 2.87 bits per heavy atom. The monoisotopic (exact) mass is 229 g/mol. The zero-order valence-corrected chi connectivity index (χ0v) is 9.26. The SMILES string of the molecule is O=S(=O)(NCCC1CCC1)c1ccn[nH]1. The predicted molar refractivity (Wildman–Crippen MR) is 55.7 cm³/mol. The van der Waals surface area contributed by atoms with Gasteiger partial charge in [0.25, 0.3) is 10.0 Å². The average Bonchev–Trinajstić information content (AvgIpc) is 2.62. The van der Waals surface area contributed by atoms with Gasteiger partial charge in [-0.05, 0) is 18.4 Å². The van der Waals surface area contributed by atoms with E-state index in [4.69, 9.17) is 0 Å². The fourth-order valence-corrected chi connectivity index (χ4v) is 2.60. The van der Waals surface area contributed by atoms with Gasteiger partial charge in [0.15, 0.2) is 5.03 Å². The first-order valence-corrected chi connectivity index (χ1v) is 6.66. The summed E-state index contributed by atoms with van der Waals surface area (Å²) in [5, 5.41) is 6.19. The van der Waals surface area contributed by atoms with E-state index in [0.29, 0.717) is 6.54 Å². The molecule has 1 aliphatic carbocycles. The van der Waals surface area contributed by atoms with Crippen molar-refractivity contribution in [3.63, 3.8) is 0 Å². The maximum absolute atomic E-state index is 11.6. The molecule has 5 nitrogen and oxygen atoms in total. The predicted octanol–water partition coefficient (Wildman–Crippen LogP) is 0.878. The van der Waals surface area contributed by atoms with Crippen molar-refractivity contribution >= 4 is 10.0 Å². The van der Waals surface area contributed by atoms with Gasteiger partial charge < -0.3 is 0 Å². The number of rotatable bonds is 5. The number of aromatic amines is 1. The van der Waals surface area contributed by atoms with E-state index in [1.165, 1.54) is 31.5 Å². The zero-order valence-electron chi connectivity index (χ0n) is 8.44. The van der Waals surface area contributed by atoms with Crippen LogP contribution in [0, 0.1) is 5.92 Å². The Balaban J connectivity index is 1.82. The third-order valence-corrected chi connectivity index (χ3v) is 4.22. The highest BCUT2D eigenvalue weighted by molar-refractivity contribution is 7.89. The average molecular weight is 229 g/mol. The lowest BCUT2D eigenvalue weighted by molar-refractivity contribution is 0.297. The fourth-order valence-electron chi connectivity index (χ4n) is 1.65. The van der Waals surface area contributed by atoms with Crippen molar-refractivity contribution < 1.29 is 8.42 Å². The standard InChI is InChI=1S/C9H15N3O2S/c13-15(14,9-5-6-10-12-9)11-7-4-8-2-1-3-8/h5-6,8,11H,1-4,7H2,(H,10,12). The van der Waals surface area contributed by atoms with Crippen LogP contribution in [-0.2, 0) is 10.0 Å². The number of aromatic nitrogens is 2. The van der Waals surface area contributed by atoms with Crippen molar-refractivity contribution in [1.29, 1.82) is 0 Å². The summed E-state index contributed by atoms with van der Waals surface area (Å²) >= 11 is 0. The Hall–Kier alpha value is -0.880. The Kier molecular flexibility index (Phi) is 3.06. The summed E-state index contributed by atoms with van der Waals surface area (Å²) in [6, 6.07) is 1.45. The Morgan fingerprint density at radius 1 is 1.53 bits per heavy atom. The molecule has 1 aromatic rings. The van der Waals surface area contributed by atoms with Crippen LogP contribution in [0.15, 0.2) is 17.3 Å². The molecule has 15 heavy (non-hydrogen) atoms. The molecule has 0 spiro atoms. The van der Waals surface area contributed by atoms with Gasteiger partial charge in [0.2, 0.25) is 0 Å². The molecule has 0 radical (unpaired) electrons. The van der Waals surface area contributed by atoms with Crippen LogP contribution in [0.25, 0.3) is 0 Å². The second-order valence-electron chi connectivity index (χ2n) is 3.90. The maximum Gasteiger partial charge on any atom is 0.257 e. The molecule has 1 fully saturated rings. The zero-order chi connectivity index (χ0) is 10.7. The summed E-state index contributed by atoms with van der Waals surface area (Å²) in [6.07, 6.45) is 6.14. The third-order valence-electron chi connectivity index (χ3n) is 2.83. The van der Waals surface area contributed by atoms with Gasteiger partial charge in [-0.2, -0.15) is 5.10 Å². The van der Waals surface area contributed by atoms with Crippen molar-refractivity contribution in [3.05, 3.63) is 12.3 Å². The van der Waals surface area contributed by atoms with Gasteiger partial charge >= 0.3 is 0 Å². The van der Waals surface area contributed by atoms with Crippen molar-refractivity contribution in [1.82, 2.24) is 14.9 Å². The van der Waals surface area contributed by atoms with Crippen LogP contribution in [0.3, 0.4) is 0 Å². The Bertz CT molecular complexity index is 395. The van der Waals surface area contributed by atoms with Gasteiger partial charge in [0, 0.05) is 6.54 Å². The normalized spacial score (nSPS) is 17.6.